The molecule has 2 rings (SSSR count). The topological polar surface area (TPSA) is 38.9 Å². The summed E-state index contributed by atoms with van der Waals surface area (Å²) in [5, 5.41) is 0. The van der Waals surface area contributed by atoms with Crippen LogP contribution in [0.25, 0.3) is 5.57 Å². The molecule has 2 aromatic rings. The Labute approximate surface area is 102 Å². The molecule has 1 aromatic heterocycles. The van der Waals surface area contributed by atoms with Crippen molar-refractivity contribution < 1.29 is 0 Å². The average molecular weight is 224 g/mol. The Kier molecular flexibility index (Phi) is 3.55. The normalized spacial score (nSPS) is 10.1. The molecule has 0 aliphatic rings. The van der Waals surface area contributed by atoms with Crippen LogP contribution in [-0.2, 0) is 6.42 Å². The second-order valence-corrected chi connectivity index (χ2v) is 4.05. The van der Waals surface area contributed by atoms with Gasteiger partial charge in [0.25, 0.3) is 0 Å². The molecule has 0 bridgehead atoms. The molecule has 1 aromatic carbocycles. The monoisotopic (exact) mass is 224 g/mol. The summed E-state index contributed by atoms with van der Waals surface area (Å²) in [6, 6.07) is 11.9. The third-order valence-electron chi connectivity index (χ3n) is 2.81. The van der Waals surface area contributed by atoms with Crippen LogP contribution < -0.4 is 5.73 Å². The highest BCUT2D eigenvalue weighted by Crippen LogP contribution is 2.23. The molecule has 0 unspecified atom stereocenters. The van der Waals surface area contributed by atoms with Crippen molar-refractivity contribution in [1.82, 2.24) is 4.98 Å². The SMILES string of the molecule is C=C(CCc1ccncc1)c1ccccc1N. The van der Waals surface area contributed by atoms with E-state index in [1.165, 1.54) is 5.56 Å². The number of benzene rings is 1. The van der Waals surface area contributed by atoms with Gasteiger partial charge in [0.15, 0.2) is 0 Å². The number of hydrogen-bond acceptors (Lipinski definition) is 2. The van der Waals surface area contributed by atoms with Crippen LogP contribution in [0.5, 0.6) is 0 Å². The van der Waals surface area contributed by atoms with Crippen molar-refractivity contribution >= 4 is 11.3 Å². The first-order valence-corrected chi connectivity index (χ1v) is 5.69. The molecule has 0 amide bonds. The van der Waals surface area contributed by atoms with Gasteiger partial charge in [0.2, 0.25) is 0 Å². The summed E-state index contributed by atoms with van der Waals surface area (Å²) < 4.78 is 0. The predicted molar refractivity (Wildman–Crippen MR) is 72.4 cm³/mol. The van der Waals surface area contributed by atoms with E-state index in [1.807, 2.05) is 48.8 Å². The lowest BCUT2D eigenvalue weighted by atomic mass is 9.99. The summed E-state index contributed by atoms with van der Waals surface area (Å²) in [4.78, 5) is 4.00. The molecule has 86 valence electrons. The summed E-state index contributed by atoms with van der Waals surface area (Å²) in [5.74, 6) is 0. The molecule has 0 fully saturated rings. The number of nitrogens with zero attached hydrogens (tertiary/aromatic N) is 1. The average Bonchev–Trinajstić information content (AvgIpc) is 2.38. The Morgan fingerprint density at radius 1 is 1.12 bits per heavy atom. The van der Waals surface area contributed by atoms with Crippen LogP contribution in [0.2, 0.25) is 0 Å². The summed E-state index contributed by atoms with van der Waals surface area (Å²) in [5.41, 5.74) is 10.1. The van der Waals surface area contributed by atoms with Gasteiger partial charge >= 0.3 is 0 Å². The van der Waals surface area contributed by atoms with Crippen LogP contribution in [0, 0.1) is 0 Å². The largest absolute Gasteiger partial charge is 0.398 e. The molecule has 0 saturated carbocycles. The van der Waals surface area contributed by atoms with E-state index in [-0.39, 0.29) is 0 Å². The third kappa shape index (κ3) is 2.94. The minimum atomic E-state index is 0.798. The lowest BCUT2D eigenvalue weighted by Gasteiger charge is -2.08. The van der Waals surface area contributed by atoms with E-state index >= 15 is 0 Å². The van der Waals surface area contributed by atoms with Crippen molar-refractivity contribution in [3.63, 3.8) is 0 Å². The Morgan fingerprint density at radius 3 is 2.53 bits per heavy atom. The first kappa shape index (κ1) is 11.4. The second-order valence-electron chi connectivity index (χ2n) is 4.05. The molecule has 0 aliphatic heterocycles. The quantitative estimate of drug-likeness (QED) is 0.809. The Bertz CT molecular complexity index is 503. The maximum Gasteiger partial charge on any atom is 0.0390 e. The fourth-order valence-corrected chi connectivity index (χ4v) is 1.80. The van der Waals surface area contributed by atoms with Crippen molar-refractivity contribution in [2.45, 2.75) is 12.8 Å². The number of nitrogen functional groups attached to an aromatic ring is 1. The zero-order chi connectivity index (χ0) is 12.1. The highest BCUT2D eigenvalue weighted by Gasteiger charge is 2.03. The van der Waals surface area contributed by atoms with Crippen LogP contribution in [0.15, 0.2) is 55.4 Å². The van der Waals surface area contributed by atoms with E-state index < -0.39 is 0 Å². The predicted octanol–water partition coefficient (Wildman–Crippen LogP) is 3.31. The number of pyridine rings is 1. The minimum absolute atomic E-state index is 0.798. The van der Waals surface area contributed by atoms with Gasteiger partial charge in [-0.25, -0.2) is 0 Å². The van der Waals surface area contributed by atoms with Crippen LogP contribution in [0.1, 0.15) is 17.5 Å². The molecule has 0 aliphatic carbocycles. The highest BCUT2D eigenvalue weighted by molar-refractivity contribution is 5.73. The number of rotatable bonds is 4. The van der Waals surface area contributed by atoms with E-state index in [0.29, 0.717) is 0 Å². The molecule has 17 heavy (non-hydrogen) atoms. The van der Waals surface area contributed by atoms with E-state index in [2.05, 4.69) is 11.6 Å². The van der Waals surface area contributed by atoms with E-state index in [4.69, 9.17) is 5.73 Å². The van der Waals surface area contributed by atoms with Gasteiger partial charge in [0, 0.05) is 18.1 Å². The molecule has 1 heterocycles. The van der Waals surface area contributed by atoms with Crippen LogP contribution in [0.3, 0.4) is 0 Å². The maximum atomic E-state index is 5.92. The molecule has 0 atom stereocenters. The maximum absolute atomic E-state index is 5.92. The Morgan fingerprint density at radius 2 is 1.82 bits per heavy atom. The zero-order valence-corrected chi connectivity index (χ0v) is 9.76. The van der Waals surface area contributed by atoms with Gasteiger partial charge in [-0.15, -0.1) is 0 Å². The van der Waals surface area contributed by atoms with E-state index in [1.54, 1.807) is 0 Å². The first-order valence-electron chi connectivity index (χ1n) is 5.69. The van der Waals surface area contributed by atoms with Crippen LogP contribution in [-0.4, -0.2) is 4.98 Å². The van der Waals surface area contributed by atoms with Gasteiger partial charge < -0.3 is 5.73 Å². The summed E-state index contributed by atoms with van der Waals surface area (Å²) in [6.45, 7) is 4.11. The lowest BCUT2D eigenvalue weighted by molar-refractivity contribution is 1.01. The molecule has 0 saturated heterocycles. The van der Waals surface area contributed by atoms with Gasteiger partial charge in [-0.05, 0) is 47.7 Å². The van der Waals surface area contributed by atoms with Gasteiger partial charge in [-0.3, -0.25) is 4.98 Å². The number of para-hydroxylation sites is 1. The smallest absolute Gasteiger partial charge is 0.0390 e. The molecule has 0 radical (unpaired) electrons. The van der Waals surface area contributed by atoms with Gasteiger partial charge in [0.1, 0.15) is 0 Å². The zero-order valence-electron chi connectivity index (χ0n) is 9.76. The number of nitrogens with two attached hydrogens (primary N) is 1. The highest BCUT2D eigenvalue weighted by atomic mass is 14.6. The Hall–Kier alpha value is -2.09. The molecular weight excluding hydrogens is 208 g/mol. The second kappa shape index (κ2) is 5.30. The molecule has 0 spiro atoms. The minimum Gasteiger partial charge on any atom is -0.398 e. The van der Waals surface area contributed by atoms with Gasteiger partial charge in [0.05, 0.1) is 0 Å². The van der Waals surface area contributed by atoms with E-state index in [9.17, 15) is 0 Å². The van der Waals surface area contributed by atoms with Gasteiger partial charge in [-0.1, -0.05) is 24.8 Å². The lowest BCUT2D eigenvalue weighted by Crippen LogP contribution is -1.94. The number of hydrogen-bond donors (Lipinski definition) is 1. The fraction of sp³-hybridized carbons (Fsp3) is 0.133. The standard InChI is InChI=1S/C15H16N2/c1-12(14-4-2-3-5-15(14)16)6-7-13-8-10-17-11-9-13/h2-5,8-11H,1,6-7,16H2. The molecule has 2 nitrogen and oxygen atoms in total. The van der Waals surface area contributed by atoms with Crippen molar-refractivity contribution in [1.29, 1.82) is 0 Å². The van der Waals surface area contributed by atoms with Crippen LogP contribution in [0.4, 0.5) is 5.69 Å². The number of allylic oxidation sites excluding steroid dienone is 1. The van der Waals surface area contributed by atoms with Crippen molar-refractivity contribution in [2.75, 3.05) is 5.73 Å². The molecular formula is C15H16N2. The van der Waals surface area contributed by atoms with Crippen molar-refractivity contribution in [3.8, 4) is 0 Å². The third-order valence-corrected chi connectivity index (χ3v) is 2.81. The fourth-order valence-electron chi connectivity index (χ4n) is 1.80. The Balaban J connectivity index is 2.01. The van der Waals surface area contributed by atoms with Gasteiger partial charge in [-0.2, -0.15) is 0 Å². The summed E-state index contributed by atoms with van der Waals surface area (Å²) in [7, 11) is 0. The number of aryl methyl sites for hydroxylation is 1. The summed E-state index contributed by atoms with van der Waals surface area (Å²) in [6.07, 6.45) is 5.51. The molecule has 2 heteroatoms. The number of anilines is 1. The molecule has 2 N–H and O–H groups in total. The van der Waals surface area contributed by atoms with Crippen molar-refractivity contribution in [3.05, 3.63) is 66.5 Å². The first-order chi connectivity index (χ1) is 8.27. The van der Waals surface area contributed by atoms with Crippen LogP contribution >= 0.6 is 0 Å². The number of aromatic nitrogens is 1. The van der Waals surface area contributed by atoms with Crippen molar-refractivity contribution in [2.24, 2.45) is 0 Å². The summed E-state index contributed by atoms with van der Waals surface area (Å²) >= 11 is 0. The van der Waals surface area contributed by atoms with E-state index in [0.717, 1.165) is 29.7 Å².